The Balaban J connectivity index is 2.30. The summed E-state index contributed by atoms with van der Waals surface area (Å²) in [6.07, 6.45) is 0. The fourth-order valence-electron chi connectivity index (χ4n) is 1.91. The Labute approximate surface area is 106 Å². The quantitative estimate of drug-likeness (QED) is 0.851. The molecule has 0 spiro atoms. The molecule has 2 rings (SSSR count). The maximum absolute atomic E-state index is 9.42. The monoisotopic (exact) mass is 250 g/mol. The number of alkyl halides is 1. The van der Waals surface area contributed by atoms with Crippen LogP contribution in [0, 0.1) is 13.8 Å². The van der Waals surface area contributed by atoms with E-state index in [-0.39, 0.29) is 5.75 Å². The van der Waals surface area contributed by atoms with Gasteiger partial charge in [0.25, 0.3) is 0 Å². The minimum atomic E-state index is 0.279. The maximum atomic E-state index is 9.42. The molecule has 0 radical (unpaired) electrons. The first-order valence-corrected chi connectivity index (χ1v) is 6.02. The molecule has 0 saturated carbocycles. The standard InChI is InChI=1S/C13H15ClN2O/c1-9-13(7-14)10(2)16(15-9)8-11-4-3-5-12(17)6-11/h3-6,17H,7-8H2,1-2H3. The Morgan fingerprint density at radius 2 is 2.12 bits per heavy atom. The highest BCUT2D eigenvalue weighted by molar-refractivity contribution is 6.17. The smallest absolute Gasteiger partial charge is 0.115 e. The summed E-state index contributed by atoms with van der Waals surface area (Å²) < 4.78 is 1.92. The average Bonchev–Trinajstić information content (AvgIpc) is 2.54. The van der Waals surface area contributed by atoms with Crippen LogP contribution in [0.5, 0.6) is 5.75 Å². The molecule has 17 heavy (non-hydrogen) atoms. The van der Waals surface area contributed by atoms with E-state index in [4.69, 9.17) is 11.6 Å². The maximum Gasteiger partial charge on any atom is 0.115 e. The molecule has 1 N–H and O–H groups in total. The topological polar surface area (TPSA) is 38.0 Å². The molecule has 1 aromatic carbocycles. The summed E-state index contributed by atoms with van der Waals surface area (Å²) in [6.45, 7) is 4.63. The first-order chi connectivity index (χ1) is 8.11. The molecule has 0 saturated heterocycles. The van der Waals surface area contributed by atoms with Crippen LogP contribution in [0.2, 0.25) is 0 Å². The molecule has 1 heterocycles. The van der Waals surface area contributed by atoms with Crippen molar-refractivity contribution in [1.29, 1.82) is 0 Å². The number of phenolic OH excluding ortho intramolecular Hbond substituents is 1. The molecular formula is C13H15ClN2O. The summed E-state index contributed by atoms with van der Waals surface area (Å²) in [6, 6.07) is 7.21. The lowest BCUT2D eigenvalue weighted by molar-refractivity contribution is 0.474. The first kappa shape index (κ1) is 12.0. The third kappa shape index (κ3) is 2.44. The summed E-state index contributed by atoms with van der Waals surface area (Å²) >= 11 is 5.89. The minimum Gasteiger partial charge on any atom is -0.508 e. The molecule has 1 aromatic heterocycles. The van der Waals surface area contributed by atoms with Crippen LogP contribution in [-0.2, 0) is 12.4 Å². The third-order valence-corrected chi connectivity index (χ3v) is 3.18. The van der Waals surface area contributed by atoms with Gasteiger partial charge in [-0.2, -0.15) is 5.10 Å². The fourth-order valence-corrected chi connectivity index (χ4v) is 2.30. The molecule has 0 amide bonds. The second-order valence-corrected chi connectivity index (χ2v) is 4.38. The molecular weight excluding hydrogens is 236 g/mol. The third-order valence-electron chi connectivity index (χ3n) is 2.91. The first-order valence-electron chi connectivity index (χ1n) is 5.48. The minimum absolute atomic E-state index is 0.279. The number of hydrogen-bond acceptors (Lipinski definition) is 2. The van der Waals surface area contributed by atoms with Crippen molar-refractivity contribution in [1.82, 2.24) is 9.78 Å². The number of rotatable bonds is 3. The summed E-state index contributed by atoms with van der Waals surface area (Å²) in [5.74, 6) is 0.763. The van der Waals surface area contributed by atoms with Gasteiger partial charge in [0, 0.05) is 11.3 Å². The van der Waals surface area contributed by atoms with Crippen molar-refractivity contribution in [2.24, 2.45) is 0 Å². The molecule has 3 nitrogen and oxygen atoms in total. The largest absolute Gasteiger partial charge is 0.508 e. The summed E-state index contributed by atoms with van der Waals surface area (Å²) in [4.78, 5) is 0. The van der Waals surface area contributed by atoms with Crippen molar-refractivity contribution in [3.8, 4) is 5.75 Å². The van der Waals surface area contributed by atoms with Gasteiger partial charge in [0.05, 0.1) is 18.1 Å². The van der Waals surface area contributed by atoms with E-state index in [0.717, 1.165) is 22.5 Å². The molecule has 90 valence electrons. The van der Waals surface area contributed by atoms with E-state index in [1.807, 2.05) is 30.7 Å². The van der Waals surface area contributed by atoms with Gasteiger partial charge in [0.15, 0.2) is 0 Å². The van der Waals surface area contributed by atoms with Crippen LogP contribution in [0.25, 0.3) is 0 Å². The molecule has 0 atom stereocenters. The van der Waals surface area contributed by atoms with E-state index >= 15 is 0 Å². The zero-order chi connectivity index (χ0) is 12.4. The van der Waals surface area contributed by atoms with Crippen LogP contribution in [0.15, 0.2) is 24.3 Å². The van der Waals surface area contributed by atoms with E-state index < -0.39 is 0 Å². The predicted octanol–water partition coefficient (Wildman–Crippen LogP) is 2.99. The molecule has 0 aliphatic carbocycles. The van der Waals surface area contributed by atoms with Gasteiger partial charge in [-0.15, -0.1) is 11.6 Å². The van der Waals surface area contributed by atoms with E-state index in [9.17, 15) is 5.11 Å². The fraction of sp³-hybridized carbons (Fsp3) is 0.308. The van der Waals surface area contributed by atoms with Gasteiger partial charge in [0.1, 0.15) is 5.75 Å². The van der Waals surface area contributed by atoms with Gasteiger partial charge in [-0.3, -0.25) is 4.68 Å². The average molecular weight is 251 g/mol. The molecule has 4 heteroatoms. The zero-order valence-corrected chi connectivity index (χ0v) is 10.7. The SMILES string of the molecule is Cc1nn(Cc2cccc(O)c2)c(C)c1CCl. The van der Waals surface area contributed by atoms with Crippen molar-refractivity contribution in [3.63, 3.8) is 0 Å². The summed E-state index contributed by atoms with van der Waals surface area (Å²) in [5, 5.41) is 13.9. The second-order valence-electron chi connectivity index (χ2n) is 4.11. The number of nitrogens with zero attached hydrogens (tertiary/aromatic N) is 2. The Morgan fingerprint density at radius 3 is 2.71 bits per heavy atom. The Hall–Kier alpha value is -1.48. The van der Waals surface area contributed by atoms with Gasteiger partial charge < -0.3 is 5.11 Å². The zero-order valence-electron chi connectivity index (χ0n) is 9.94. The van der Waals surface area contributed by atoms with Crippen LogP contribution >= 0.6 is 11.6 Å². The second kappa shape index (κ2) is 4.80. The lowest BCUT2D eigenvalue weighted by Gasteiger charge is -2.05. The van der Waals surface area contributed by atoms with Gasteiger partial charge in [-0.25, -0.2) is 0 Å². The number of aromatic hydroxyl groups is 1. The van der Waals surface area contributed by atoms with E-state index in [1.165, 1.54) is 0 Å². The van der Waals surface area contributed by atoms with Crippen molar-refractivity contribution in [2.75, 3.05) is 0 Å². The van der Waals surface area contributed by atoms with Crippen molar-refractivity contribution in [2.45, 2.75) is 26.3 Å². The van der Waals surface area contributed by atoms with Crippen LogP contribution in [0.4, 0.5) is 0 Å². The summed E-state index contributed by atoms with van der Waals surface area (Å²) in [5.41, 5.74) is 4.17. The van der Waals surface area contributed by atoms with Crippen molar-refractivity contribution < 1.29 is 5.11 Å². The van der Waals surface area contributed by atoms with Gasteiger partial charge in [-0.05, 0) is 31.5 Å². The lowest BCUT2D eigenvalue weighted by Crippen LogP contribution is -2.04. The number of halogens is 1. The van der Waals surface area contributed by atoms with Gasteiger partial charge >= 0.3 is 0 Å². The number of hydrogen-bond donors (Lipinski definition) is 1. The highest BCUT2D eigenvalue weighted by Gasteiger charge is 2.10. The van der Waals surface area contributed by atoms with E-state index in [0.29, 0.717) is 12.4 Å². The van der Waals surface area contributed by atoms with Crippen molar-refractivity contribution >= 4 is 11.6 Å². The van der Waals surface area contributed by atoms with Gasteiger partial charge in [-0.1, -0.05) is 12.1 Å². The van der Waals surface area contributed by atoms with Crippen LogP contribution in [-0.4, -0.2) is 14.9 Å². The number of aromatic nitrogens is 2. The molecule has 0 fully saturated rings. The predicted molar refractivity (Wildman–Crippen MR) is 68.5 cm³/mol. The van der Waals surface area contributed by atoms with E-state index in [2.05, 4.69) is 5.10 Å². The molecule has 0 unspecified atom stereocenters. The Bertz CT molecular complexity index is 534. The Kier molecular flexibility index (Phi) is 3.38. The van der Waals surface area contributed by atoms with Gasteiger partial charge in [0.2, 0.25) is 0 Å². The van der Waals surface area contributed by atoms with Crippen LogP contribution < -0.4 is 0 Å². The van der Waals surface area contributed by atoms with E-state index in [1.54, 1.807) is 12.1 Å². The van der Waals surface area contributed by atoms with Crippen LogP contribution in [0.1, 0.15) is 22.5 Å². The number of phenols is 1. The molecule has 0 aliphatic rings. The van der Waals surface area contributed by atoms with Crippen LogP contribution in [0.3, 0.4) is 0 Å². The molecule has 2 aromatic rings. The lowest BCUT2D eigenvalue weighted by atomic mass is 10.2. The molecule has 0 bridgehead atoms. The van der Waals surface area contributed by atoms with Crippen molar-refractivity contribution in [3.05, 3.63) is 46.8 Å². The number of aryl methyl sites for hydroxylation is 1. The normalized spacial score (nSPS) is 10.8. The number of benzene rings is 1. The molecule has 0 aliphatic heterocycles. The highest BCUT2D eigenvalue weighted by Crippen LogP contribution is 2.18. The summed E-state index contributed by atoms with van der Waals surface area (Å²) in [7, 11) is 0. The highest BCUT2D eigenvalue weighted by atomic mass is 35.5. The Morgan fingerprint density at radius 1 is 1.35 bits per heavy atom.